The highest BCUT2D eigenvalue weighted by atomic mass is 35.5. The van der Waals surface area contributed by atoms with E-state index in [-0.39, 0.29) is 42.9 Å². The first kappa shape index (κ1) is 31.9. The quantitative estimate of drug-likeness (QED) is 0.353. The van der Waals surface area contributed by atoms with Gasteiger partial charge in [-0.05, 0) is 67.8 Å². The highest BCUT2D eigenvalue weighted by Crippen LogP contribution is 2.21. The average molecular weight is 553 g/mol. The van der Waals surface area contributed by atoms with Gasteiger partial charge in [-0.2, -0.15) is 0 Å². The monoisotopic (exact) mass is 552 g/mol. The summed E-state index contributed by atoms with van der Waals surface area (Å²) in [5, 5.41) is 18.5. The molecule has 2 N–H and O–H groups in total. The zero-order valence-electron chi connectivity index (χ0n) is 21.5. The van der Waals surface area contributed by atoms with Gasteiger partial charge < -0.3 is 20.0 Å². The molecule has 10 heteroatoms. The third kappa shape index (κ3) is 11.7. The van der Waals surface area contributed by atoms with E-state index in [4.69, 9.17) is 33.4 Å². The van der Waals surface area contributed by atoms with Crippen molar-refractivity contribution in [2.45, 2.75) is 46.5 Å². The molecule has 202 valence electrons. The van der Waals surface area contributed by atoms with Crippen molar-refractivity contribution in [1.29, 1.82) is 0 Å². The first-order chi connectivity index (χ1) is 17.3. The van der Waals surface area contributed by atoms with Crippen molar-refractivity contribution < 1.29 is 29.4 Å². The molecule has 0 aliphatic rings. The van der Waals surface area contributed by atoms with Gasteiger partial charge >= 0.3 is 11.9 Å². The molecule has 0 fully saturated rings. The number of rotatable bonds is 11. The van der Waals surface area contributed by atoms with Crippen molar-refractivity contribution in [2.75, 3.05) is 23.4 Å². The molecule has 2 amide bonds. The molecule has 2 atom stereocenters. The predicted molar refractivity (Wildman–Crippen MR) is 146 cm³/mol. The van der Waals surface area contributed by atoms with Gasteiger partial charge in [-0.25, -0.2) is 0 Å². The summed E-state index contributed by atoms with van der Waals surface area (Å²) in [6.07, 6.45) is 0.570. The summed E-state index contributed by atoms with van der Waals surface area (Å²) in [5.74, 6) is -2.43. The number of carbonyl (C=O) groups is 4. The molecule has 0 aromatic heterocycles. The van der Waals surface area contributed by atoms with E-state index in [1.165, 1.54) is 4.90 Å². The number of carboxylic acids is 2. The van der Waals surface area contributed by atoms with Gasteiger partial charge in [0.15, 0.2) is 0 Å². The van der Waals surface area contributed by atoms with E-state index in [2.05, 4.69) is 0 Å². The van der Waals surface area contributed by atoms with Crippen LogP contribution in [0.25, 0.3) is 0 Å². The number of carboxylic acid groups (broad SMARTS) is 2. The molecule has 0 spiro atoms. The minimum Gasteiger partial charge on any atom is -0.481 e. The fourth-order valence-corrected chi connectivity index (χ4v) is 3.74. The summed E-state index contributed by atoms with van der Waals surface area (Å²) < 4.78 is 0. The van der Waals surface area contributed by atoms with E-state index in [1.807, 2.05) is 6.92 Å². The number of carbonyl (C=O) groups excluding carboxylic acids is 2. The Balaban J connectivity index is 0.000000371. The van der Waals surface area contributed by atoms with Crippen LogP contribution < -0.4 is 9.80 Å². The normalized spacial score (nSPS) is 11.9. The molecule has 0 bridgehead atoms. The van der Waals surface area contributed by atoms with Crippen molar-refractivity contribution in [2.24, 2.45) is 11.8 Å². The molecule has 0 aliphatic carbocycles. The minimum atomic E-state index is -0.885. The smallest absolute Gasteiger partial charge is 0.303 e. The van der Waals surface area contributed by atoms with E-state index < -0.39 is 11.9 Å². The number of nitrogens with zero attached hydrogens (tertiary/aromatic N) is 2. The third-order valence-corrected chi connectivity index (χ3v) is 6.06. The number of hydrogen-bond donors (Lipinski definition) is 2. The SMILES string of the molecule is CC(CCC(=O)O)C(=O)N(C)c1ccc(Cl)cc1.CCN(C(=O)CC(C)CC(=O)O)c1ccc(Cl)cc1. The summed E-state index contributed by atoms with van der Waals surface area (Å²) in [7, 11) is 1.67. The maximum atomic E-state index is 12.2. The Morgan fingerprint density at radius 3 is 1.73 bits per heavy atom. The summed E-state index contributed by atoms with van der Waals surface area (Å²) in [4.78, 5) is 48.4. The topological polar surface area (TPSA) is 115 Å². The van der Waals surface area contributed by atoms with Gasteiger partial charge in [0.05, 0.1) is 0 Å². The Kier molecular flexibility index (Phi) is 13.7. The molecule has 2 rings (SSSR count). The van der Waals surface area contributed by atoms with Crippen LogP contribution in [-0.4, -0.2) is 47.6 Å². The lowest BCUT2D eigenvalue weighted by Gasteiger charge is -2.22. The standard InChI is InChI=1S/C14H18ClNO3.C13H16ClNO3/c1-3-16(12-6-4-11(15)5-7-12)13(17)8-10(2)9-14(18)19;1-9(3-8-12(16)17)13(18)15(2)11-6-4-10(14)5-7-11/h4-7,10H,3,8-9H2,1-2H3,(H,18,19);4-7,9H,3,8H2,1-2H3,(H,16,17). The van der Waals surface area contributed by atoms with Crippen LogP contribution in [0.15, 0.2) is 48.5 Å². The predicted octanol–water partition coefficient (Wildman–Crippen LogP) is 6.00. The van der Waals surface area contributed by atoms with Crippen LogP contribution in [-0.2, 0) is 19.2 Å². The van der Waals surface area contributed by atoms with Crippen molar-refractivity contribution in [3.8, 4) is 0 Å². The molecular formula is C27H34Cl2N2O6. The minimum absolute atomic E-state index is 0.00135. The van der Waals surface area contributed by atoms with Gasteiger partial charge in [0, 0.05) is 60.2 Å². The lowest BCUT2D eigenvalue weighted by molar-refractivity contribution is -0.139. The van der Waals surface area contributed by atoms with Crippen molar-refractivity contribution >= 4 is 58.3 Å². The molecule has 0 aliphatic heterocycles. The van der Waals surface area contributed by atoms with Gasteiger partial charge in [0.1, 0.15) is 0 Å². The molecule has 8 nitrogen and oxygen atoms in total. The van der Waals surface area contributed by atoms with Gasteiger partial charge in [-0.3, -0.25) is 19.2 Å². The third-order valence-electron chi connectivity index (χ3n) is 5.56. The second kappa shape index (κ2) is 15.9. The molecule has 2 aromatic rings. The van der Waals surface area contributed by atoms with Crippen LogP contribution in [0.5, 0.6) is 0 Å². The van der Waals surface area contributed by atoms with Crippen molar-refractivity contribution in [1.82, 2.24) is 0 Å². The van der Waals surface area contributed by atoms with Crippen molar-refractivity contribution in [3.63, 3.8) is 0 Å². The molecule has 2 unspecified atom stereocenters. The van der Waals surface area contributed by atoms with Crippen LogP contribution in [0.3, 0.4) is 0 Å². The van der Waals surface area contributed by atoms with Crippen LogP contribution in [0.2, 0.25) is 10.0 Å². The largest absolute Gasteiger partial charge is 0.481 e. The first-order valence-corrected chi connectivity index (χ1v) is 12.6. The lowest BCUT2D eigenvalue weighted by Crippen LogP contribution is -2.32. The van der Waals surface area contributed by atoms with Crippen LogP contribution >= 0.6 is 23.2 Å². The van der Waals surface area contributed by atoms with E-state index in [0.717, 1.165) is 11.4 Å². The molecular weight excluding hydrogens is 519 g/mol. The highest BCUT2D eigenvalue weighted by Gasteiger charge is 2.20. The molecule has 0 radical (unpaired) electrons. The van der Waals surface area contributed by atoms with Crippen LogP contribution in [0.4, 0.5) is 11.4 Å². The number of aliphatic carboxylic acids is 2. The van der Waals surface area contributed by atoms with E-state index in [9.17, 15) is 19.2 Å². The number of amides is 2. The second-order valence-electron chi connectivity index (χ2n) is 8.73. The summed E-state index contributed by atoms with van der Waals surface area (Å²) in [6, 6.07) is 14.0. The van der Waals surface area contributed by atoms with Gasteiger partial charge in [0.25, 0.3) is 0 Å². The Labute approximate surface area is 227 Å². The molecule has 0 saturated carbocycles. The highest BCUT2D eigenvalue weighted by molar-refractivity contribution is 6.31. The number of anilines is 2. The van der Waals surface area contributed by atoms with E-state index in [0.29, 0.717) is 23.0 Å². The lowest BCUT2D eigenvalue weighted by atomic mass is 10.0. The fourth-order valence-electron chi connectivity index (χ4n) is 3.49. The van der Waals surface area contributed by atoms with Gasteiger partial charge in [0.2, 0.25) is 11.8 Å². The van der Waals surface area contributed by atoms with Crippen LogP contribution in [0.1, 0.15) is 46.5 Å². The van der Waals surface area contributed by atoms with Gasteiger partial charge in [-0.1, -0.05) is 37.0 Å². The zero-order chi connectivity index (χ0) is 28.1. The number of halogens is 2. The second-order valence-corrected chi connectivity index (χ2v) is 9.60. The Hall–Kier alpha value is -3.10. The molecule has 37 heavy (non-hydrogen) atoms. The maximum Gasteiger partial charge on any atom is 0.303 e. The molecule has 0 saturated heterocycles. The average Bonchev–Trinajstić information content (AvgIpc) is 2.83. The summed E-state index contributed by atoms with van der Waals surface area (Å²) >= 11 is 11.6. The Morgan fingerprint density at radius 1 is 0.811 bits per heavy atom. The number of hydrogen-bond acceptors (Lipinski definition) is 4. The Morgan fingerprint density at radius 2 is 1.30 bits per heavy atom. The van der Waals surface area contributed by atoms with Crippen LogP contribution in [0, 0.1) is 11.8 Å². The van der Waals surface area contributed by atoms with E-state index >= 15 is 0 Å². The van der Waals surface area contributed by atoms with E-state index in [1.54, 1.807) is 74.3 Å². The summed E-state index contributed by atoms with van der Waals surface area (Å²) in [6.45, 7) is 5.92. The first-order valence-electron chi connectivity index (χ1n) is 11.9. The Bertz CT molecular complexity index is 1040. The summed E-state index contributed by atoms with van der Waals surface area (Å²) in [5.41, 5.74) is 1.52. The van der Waals surface area contributed by atoms with Gasteiger partial charge in [-0.15, -0.1) is 0 Å². The maximum absolute atomic E-state index is 12.2. The number of benzene rings is 2. The fraction of sp³-hybridized carbons (Fsp3) is 0.407. The molecule has 0 heterocycles. The van der Waals surface area contributed by atoms with Crippen molar-refractivity contribution in [3.05, 3.63) is 58.6 Å². The molecule has 2 aromatic carbocycles. The zero-order valence-corrected chi connectivity index (χ0v) is 23.0.